The lowest BCUT2D eigenvalue weighted by atomic mass is 9.87. The SMILES string of the molecule is O=C1CO[C@H]2CCN(C(=O)N3CC(c4ccc(OC(F)(F)F)c(Cl)c4)C3)C[C@H]2C1. The van der Waals surface area contributed by atoms with E-state index in [2.05, 4.69) is 4.74 Å². The Hall–Kier alpha value is -2.00. The van der Waals surface area contributed by atoms with E-state index in [-0.39, 0.29) is 41.4 Å². The van der Waals surface area contributed by atoms with Crippen LogP contribution in [0.1, 0.15) is 24.3 Å². The average molecular weight is 433 g/mol. The summed E-state index contributed by atoms with van der Waals surface area (Å²) in [6, 6.07) is 4.10. The minimum Gasteiger partial charge on any atom is -0.404 e. The van der Waals surface area contributed by atoms with Crippen LogP contribution in [0, 0.1) is 5.92 Å². The smallest absolute Gasteiger partial charge is 0.404 e. The summed E-state index contributed by atoms with van der Waals surface area (Å²) in [6.45, 7) is 2.19. The summed E-state index contributed by atoms with van der Waals surface area (Å²) in [5, 5.41) is -0.117. The van der Waals surface area contributed by atoms with Gasteiger partial charge in [0.25, 0.3) is 0 Å². The Morgan fingerprint density at radius 3 is 2.66 bits per heavy atom. The third-order valence-electron chi connectivity index (χ3n) is 5.69. The molecular formula is C19H20ClF3N2O4. The van der Waals surface area contributed by atoms with Crippen LogP contribution in [0.15, 0.2) is 18.2 Å². The number of amides is 2. The molecule has 3 saturated heterocycles. The summed E-state index contributed by atoms with van der Waals surface area (Å²) < 4.78 is 46.5. The van der Waals surface area contributed by atoms with Gasteiger partial charge in [0.05, 0.1) is 11.1 Å². The van der Waals surface area contributed by atoms with E-state index in [0.29, 0.717) is 32.6 Å². The molecule has 29 heavy (non-hydrogen) atoms. The van der Waals surface area contributed by atoms with Gasteiger partial charge < -0.3 is 19.3 Å². The normalized spacial score (nSPS) is 25.4. The van der Waals surface area contributed by atoms with Gasteiger partial charge in [0.1, 0.15) is 12.4 Å². The third kappa shape index (κ3) is 4.45. The summed E-state index contributed by atoms with van der Waals surface area (Å²) >= 11 is 5.90. The number of ether oxygens (including phenoxy) is 2. The van der Waals surface area contributed by atoms with Crippen LogP contribution in [0.2, 0.25) is 5.02 Å². The molecule has 1 aromatic rings. The monoisotopic (exact) mass is 432 g/mol. The molecule has 3 heterocycles. The number of alkyl halides is 3. The Balaban J connectivity index is 1.32. The van der Waals surface area contributed by atoms with Gasteiger partial charge in [-0.1, -0.05) is 17.7 Å². The van der Waals surface area contributed by atoms with Crippen LogP contribution >= 0.6 is 11.6 Å². The number of benzene rings is 1. The first kappa shape index (κ1) is 20.3. The van der Waals surface area contributed by atoms with Crippen molar-refractivity contribution in [3.8, 4) is 5.75 Å². The van der Waals surface area contributed by atoms with Crippen molar-refractivity contribution < 1.29 is 32.2 Å². The quantitative estimate of drug-likeness (QED) is 0.718. The minimum absolute atomic E-state index is 0.00789. The molecule has 2 atom stereocenters. The number of halogens is 4. The van der Waals surface area contributed by atoms with Crippen molar-refractivity contribution in [2.24, 2.45) is 5.92 Å². The molecule has 0 saturated carbocycles. The zero-order chi connectivity index (χ0) is 20.8. The number of likely N-dealkylation sites (tertiary alicyclic amines) is 2. The summed E-state index contributed by atoms with van der Waals surface area (Å²) in [5.41, 5.74) is 0.763. The number of carbonyl (C=O) groups is 2. The summed E-state index contributed by atoms with van der Waals surface area (Å²) in [7, 11) is 0. The van der Waals surface area contributed by atoms with Gasteiger partial charge in [-0.15, -0.1) is 13.2 Å². The van der Waals surface area contributed by atoms with Crippen LogP contribution in [0.3, 0.4) is 0 Å². The van der Waals surface area contributed by atoms with Crippen molar-refractivity contribution in [1.29, 1.82) is 0 Å². The second kappa shape index (κ2) is 7.68. The number of hydrogen-bond acceptors (Lipinski definition) is 4. The van der Waals surface area contributed by atoms with Crippen LogP contribution in [-0.2, 0) is 9.53 Å². The first-order valence-electron chi connectivity index (χ1n) is 9.42. The lowest BCUT2D eigenvalue weighted by Crippen LogP contribution is -2.58. The number of nitrogens with zero attached hydrogens (tertiary/aromatic N) is 2. The number of urea groups is 1. The number of ketones is 1. The van der Waals surface area contributed by atoms with Crippen molar-refractivity contribution in [1.82, 2.24) is 9.80 Å². The molecule has 3 aliphatic heterocycles. The molecule has 0 N–H and O–H groups in total. The zero-order valence-electron chi connectivity index (χ0n) is 15.5. The van der Waals surface area contributed by atoms with Crippen LogP contribution in [0.5, 0.6) is 5.75 Å². The molecular weight excluding hydrogens is 413 g/mol. The van der Waals surface area contributed by atoms with Crippen molar-refractivity contribution >= 4 is 23.4 Å². The van der Waals surface area contributed by atoms with E-state index >= 15 is 0 Å². The maximum absolute atomic E-state index is 12.7. The molecule has 0 unspecified atom stereocenters. The third-order valence-corrected chi connectivity index (χ3v) is 5.98. The summed E-state index contributed by atoms with van der Waals surface area (Å²) in [6.07, 6.45) is -3.59. The van der Waals surface area contributed by atoms with Gasteiger partial charge in [-0.05, 0) is 24.1 Å². The maximum atomic E-state index is 12.7. The number of rotatable bonds is 2. The van der Waals surface area contributed by atoms with Crippen LogP contribution in [0.25, 0.3) is 0 Å². The second-order valence-electron chi connectivity index (χ2n) is 7.71. The van der Waals surface area contributed by atoms with Gasteiger partial charge in [0.15, 0.2) is 5.78 Å². The van der Waals surface area contributed by atoms with E-state index in [9.17, 15) is 22.8 Å². The van der Waals surface area contributed by atoms with Gasteiger partial charge in [-0.2, -0.15) is 0 Å². The van der Waals surface area contributed by atoms with Gasteiger partial charge in [-0.25, -0.2) is 4.79 Å². The lowest BCUT2D eigenvalue weighted by molar-refractivity contribution is -0.274. The van der Waals surface area contributed by atoms with Crippen molar-refractivity contribution in [2.75, 3.05) is 32.8 Å². The fourth-order valence-corrected chi connectivity index (χ4v) is 4.40. The Bertz CT molecular complexity index is 813. The van der Waals surface area contributed by atoms with Crippen molar-refractivity contribution in [2.45, 2.75) is 31.2 Å². The van der Waals surface area contributed by atoms with Gasteiger partial charge >= 0.3 is 12.4 Å². The van der Waals surface area contributed by atoms with Crippen molar-refractivity contribution in [3.05, 3.63) is 28.8 Å². The van der Waals surface area contributed by atoms with E-state index in [1.807, 2.05) is 0 Å². The van der Waals surface area contributed by atoms with E-state index < -0.39 is 12.1 Å². The van der Waals surface area contributed by atoms with E-state index in [1.165, 1.54) is 18.2 Å². The van der Waals surface area contributed by atoms with Crippen molar-refractivity contribution in [3.63, 3.8) is 0 Å². The highest BCUT2D eigenvalue weighted by Crippen LogP contribution is 2.36. The highest BCUT2D eigenvalue weighted by atomic mass is 35.5. The molecule has 0 bridgehead atoms. The fourth-order valence-electron chi connectivity index (χ4n) is 4.18. The predicted molar refractivity (Wildman–Crippen MR) is 96.9 cm³/mol. The molecule has 4 rings (SSSR count). The molecule has 1 aromatic carbocycles. The fraction of sp³-hybridized carbons (Fsp3) is 0.579. The van der Waals surface area contributed by atoms with E-state index in [1.54, 1.807) is 9.80 Å². The number of fused-ring (bicyclic) bond motifs is 1. The Morgan fingerprint density at radius 2 is 1.97 bits per heavy atom. The standard InChI is InChI=1S/C19H20ClF3N2O4/c20-15-6-11(1-2-17(15)29-19(21,22)23)13-8-25(9-13)18(27)24-4-3-16-12(7-24)5-14(26)10-28-16/h1-2,6,12-13,16H,3-5,7-10H2/t12-,16+/m1/s1. The molecule has 0 aromatic heterocycles. The highest BCUT2D eigenvalue weighted by molar-refractivity contribution is 6.32. The molecule has 3 aliphatic rings. The zero-order valence-corrected chi connectivity index (χ0v) is 16.2. The van der Waals surface area contributed by atoms with Gasteiger partial charge in [0.2, 0.25) is 0 Å². The summed E-state index contributed by atoms with van der Waals surface area (Å²) in [4.78, 5) is 27.8. The second-order valence-corrected chi connectivity index (χ2v) is 8.12. The van der Waals surface area contributed by atoms with Gasteiger partial charge in [-0.3, -0.25) is 4.79 Å². The molecule has 0 radical (unpaired) electrons. The first-order valence-corrected chi connectivity index (χ1v) is 9.80. The first-order chi connectivity index (χ1) is 13.7. The number of piperidine rings is 1. The van der Waals surface area contributed by atoms with E-state index in [0.717, 1.165) is 12.0 Å². The Labute approximate surface area is 170 Å². The number of Topliss-reactive ketones (excluding diaryl/α,β-unsaturated/α-hetero) is 1. The number of carbonyl (C=O) groups excluding carboxylic acids is 2. The largest absolute Gasteiger partial charge is 0.573 e. The molecule has 0 spiro atoms. The Morgan fingerprint density at radius 1 is 1.21 bits per heavy atom. The van der Waals surface area contributed by atoms with Gasteiger partial charge in [0, 0.05) is 44.4 Å². The molecule has 0 aliphatic carbocycles. The predicted octanol–water partition coefficient (Wildman–Crippen LogP) is 3.44. The summed E-state index contributed by atoms with van der Waals surface area (Å²) in [5.74, 6) is -0.318. The average Bonchev–Trinajstić information content (AvgIpc) is 2.61. The van der Waals surface area contributed by atoms with E-state index in [4.69, 9.17) is 16.3 Å². The Kier molecular flexibility index (Phi) is 5.37. The minimum atomic E-state index is -4.80. The van der Waals surface area contributed by atoms with Crippen LogP contribution < -0.4 is 4.74 Å². The van der Waals surface area contributed by atoms with Crippen LogP contribution in [0.4, 0.5) is 18.0 Å². The molecule has 158 valence electrons. The maximum Gasteiger partial charge on any atom is 0.573 e. The number of hydrogen-bond donors (Lipinski definition) is 0. The van der Waals surface area contributed by atoms with Crippen LogP contribution in [-0.4, -0.2) is 66.9 Å². The topological polar surface area (TPSA) is 59.1 Å². The molecule has 2 amide bonds. The molecule has 10 heteroatoms. The molecule has 3 fully saturated rings. The highest BCUT2D eigenvalue weighted by Gasteiger charge is 2.40. The lowest BCUT2D eigenvalue weighted by Gasteiger charge is -2.46. The molecule has 6 nitrogen and oxygen atoms in total.